The van der Waals surface area contributed by atoms with Gasteiger partial charge in [0, 0.05) is 5.38 Å². The minimum Gasteiger partial charge on any atom is -0.365 e. The molecule has 3 rings (SSSR count). The van der Waals surface area contributed by atoms with Crippen LogP contribution in [0.1, 0.15) is 34.8 Å². The molecule has 3 heterocycles. The summed E-state index contributed by atoms with van der Waals surface area (Å²) in [5, 5.41) is 1.90. The summed E-state index contributed by atoms with van der Waals surface area (Å²) in [5.41, 5.74) is 6.96. The van der Waals surface area contributed by atoms with Crippen molar-refractivity contribution in [1.82, 2.24) is 14.9 Å². The number of nitrogens with one attached hydrogen (secondary N) is 1. The highest BCUT2D eigenvalue weighted by Gasteiger charge is 2.16. The zero-order valence-corrected chi connectivity index (χ0v) is 10.9. The largest absolute Gasteiger partial charge is 0.365 e. The molecule has 0 radical (unpaired) electrons. The number of thiophene rings is 1. The third kappa shape index (κ3) is 2.13. The SMILES string of the molecule is NC(=O)c1scc2[nH]c(CN3CCCCC3)nc12. The Morgan fingerprint density at radius 2 is 2.22 bits per heavy atom. The second-order valence-corrected chi connectivity index (χ2v) is 5.59. The number of imidazole rings is 1. The molecule has 0 bridgehead atoms. The summed E-state index contributed by atoms with van der Waals surface area (Å²) in [5.74, 6) is 0.531. The van der Waals surface area contributed by atoms with Gasteiger partial charge in [0.25, 0.3) is 5.91 Å². The van der Waals surface area contributed by atoms with Crippen molar-refractivity contribution >= 4 is 28.3 Å². The van der Waals surface area contributed by atoms with Gasteiger partial charge < -0.3 is 10.7 Å². The third-order valence-electron chi connectivity index (χ3n) is 3.34. The minimum atomic E-state index is -0.397. The fourth-order valence-electron chi connectivity index (χ4n) is 2.45. The van der Waals surface area contributed by atoms with Crippen molar-refractivity contribution in [3.8, 4) is 0 Å². The van der Waals surface area contributed by atoms with Gasteiger partial charge in [-0.1, -0.05) is 6.42 Å². The fourth-order valence-corrected chi connectivity index (χ4v) is 3.24. The van der Waals surface area contributed by atoms with Crippen molar-refractivity contribution in [3.05, 3.63) is 16.1 Å². The maximum atomic E-state index is 11.2. The molecule has 1 amide bonds. The van der Waals surface area contributed by atoms with E-state index in [0.717, 1.165) is 36.5 Å². The van der Waals surface area contributed by atoms with E-state index < -0.39 is 5.91 Å². The molecule has 2 aromatic heterocycles. The van der Waals surface area contributed by atoms with Crippen LogP contribution in [-0.4, -0.2) is 33.9 Å². The molecule has 1 aliphatic rings. The first-order valence-corrected chi connectivity index (χ1v) is 7.10. The molecule has 1 aliphatic heterocycles. The molecule has 6 heteroatoms. The molecule has 0 aromatic carbocycles. The summed E-state index contributed by atoms with van der Waals surface area (Å²) in [6.07, 6.45) is 3.86. The van der Waals surface area contributed by atoms with Crippen LogP contribution in [0.4, 0.5) is 0 Å². The molecule has 0 unspecified atom stereocenters. The van der Waals surface area contributed by atoms with Crippen LogP contribution in [0.25, 0.3) is 11.0 Å². The molecule has 0 spiro atoms. The number of hydrogen-bond donors (Lipinski definition) is 2. The molecule has 96 valence electrons. The molecule has 0 saturated carbocycles. The topological polar surface area (TPSA) is 75.0 Å². The highest BCUT2D eigenvalue weighted by Crippen LogP contribution is 2.24. The van der Waals surface area contributed by atoms with Gasteiger partial charge in [0.05, 0.1) is 12.1 Å². The van der Waals surface area contributed by atoms with Crippen molar-refractivity contribution in [2.45, 2.75) is 25.8 Å². The number of likely N-dealkylation sites (tertiary alicyclic amines) is 1. The van der Waals surface area contributed by atoms with Crippen LogP contribution in [0.5, 0.6) is 0 Å². The fraction of sp³-hybridized carbons (Fsp3) is 0.500. The van der Waals surface area contributed by atoms with Crippen LogP contribution in [0, 0.1) is 0 Å². The van der Waals surface area contributed by atoms with E-state index in [1.165, 1.54) is 30.6 Å². The summed E-state index contributed by atoms with van der Waals surface area (Å²) in [6.45, 7) is 3.10. The number of carbonyl (C=O) groups excluding carboxylic acids is 1. The number of fused-ring (bicyclic) bond motifs is 1. The molecule has 1 saturated heterocycles. The molecule has 0 atom stereocenters. The quantitative estimate of drug-likeness (QED) is 0.886. The Labute approximate surface area is 109 Å². The Balaban J connectivity index is 1.82. The number of hydrogen-bond acceptors (Lipinski definition) is 4. The van der Waals surface area contributed by atoms with Crippen molar-refractivity contribution in [1.29, 1.82) is 0 Å². The van der Waals surface area contributed by atoms with Gasteiger partial charge in [-0.15, -0.1) is 11.3 Å². The van der Waals surface area contributed by atoms with E-state index >= 15 is 0 Å². The molecular formula is C12H16N4OS. The second kappa shape index (κ2) is 4.70. The Bertz CT molecular complexity index is 568. The van der Waals surface area contributed by atoms with Gasteiger partial charge >= 0.3 is 0 Å². The summed E-state index contributed by atoms with van der Waals surface area (Å²) >= 11 is 1.35. The van der Waals surface area contributed by atoms with Gasteiger partial charge in [0.1, 0.15) is 16.2 Å². The van der Waals surface area contributed by atoms with Crippen molar-refractivity contribution in [2.75, 3.05) is 13.1 Å². The Morgan fingerprint density at radius 1 is 1.44 bits per heavy atom. The zero-order valence-electron chi connectivity index (χ0n) is 10.1. The van der Waals surface area contributed by atoms with Crippen molar-refractivity contribution in [3.63, 3.8) is 0 Å². The number of primary amides is 1. The predicted molar refractivity (Wildman–Crippen MR) is 71.6 cm³/mol. The van der Waals surface area contributed by atoms with Crippen LogP contribution in [0.15, 0.2) is 5.38 Å². The Morgan fingerprint density at radius 3 is 2.94 bits per heavy atom. The predicted octanol–water partition coefficient (Wildman–Crippen LogP) is 1.71. The standard InChI is InChI=1S/C12H16N4OS/c13-12(17)11-10-8(7-18-11)14-9(15-10)6-16-4-2-1-3-5-16/h7H,1-6H2,(H2,13,17)(H,14,15). The summed E-state index contributed by atoms with van der Waals surface area (Å²) in [4.78, 5) is 22.0. The first-order valence-electron chi connectivity index (χ1n) is 6.22. The number of aromatic amines is 1. The molecule has 18 heavy (non-hydrogen) atoms. The summed E-state index contributed by atoms with van der Waals surface area (Å²) in [7, 11) is 0. The second-order valence-electron chi connectivity index (χ2n) is 4.71. The van der Waals surface area contributed by atoms with E-state index in [9.17, 15) is 4.79 Å². The smallest absolute Gasteiger partial charge is 0.261 e. The Kier molecular flexibility index (Phi) is 3.05. The average molecular weight is 264 g/mol. The van der Waals surface area contributed by atoms with E-state index in [1.807, 2.05) is 5.38 Å². The summed E-state index contributed by atoms with van der Waals surface area (Å²) in [6, 6.07) is 0. The molecule has 5 nitrogen and oxygen atoms in total. The van der Waals surface area contributed by atoms with Crippen molar-refractivity contribution in [2.24, 2.45) is 5.73 Å². The first kappa shape index (κ1) is 11.7. The van der Waals surface area contributed by atoms with Gasteiger partial charge in [0.2, 0.25) is 0 Å². The van der Waals surface area contributed by atoms with E-state index in [4.69, 9.17) is 5.73 Å². The van der Waals surface area contributed by atoms with E-state index in [-0.39, 0.29) is 0 Å². The number of nitrogens with zero attached hydrogens (tertiary/aromatic N) is 2. The van der Waals surface area contributed by atoms with Gasteiger partial charge in [-0.25, -0.2) is 4.98 Å². The lowest BCUT2D eigenvalue weighted by atomic mass is 10.1. The normalized spacial score (nSPS) is 17.3. The third-order valence-corrected chi connectivity index (χ3v) is 4.32. The van der Waals surface area contributed by atoms with Crippen molar-refractivity contribution < 1.29 is 4.79 Å². The lowest BCUT2D eigenvalue weighted by Gasteiger charge is -2.25. The van der Waals surface area contributed by atoms with Crippen LogP contribution < -0.4 is 5.73 Å². The lowest BCUT2D eigenvalue weighted by Crippen LogP contribution is -2.29. The van der Waals surface area contributed by atoms with Crippen LogP contribution in [-0.2, 0) is 6.54 Å². The minimum absolute atomic E-state index is 0.397. The highest BCUT2D eigenvalue weighted by molar-refractivity contribution is 7.13. The Hall–Kier alpha value is -1.40. The van der Waals surface area contributed by atoms with Crippen LogP contribution in [0.2, 0.25) is 0 Å². The van der Waals surface area contributed by atoms with E-state index in [1.54, 1.807) is 0 Å². The molecule has 2 aromatic rings. The van der Waals surface area contributed by atoms with Crippen LogP contribution >= 0.6 is 11.3 Å². The van der Waals surface area contributed by atoms with Gasteiger partial charge in [-0.2, -0.15) is 0 Å². The maximum Gasteiger partial charge on any atom is 0.261 e. The lowest BCUT2D eigenvalue weighted by molar-refractivity contribution is 0.101. The average Bonchev–Trinajstić information content (AvgIpc) is 2.89. The number of aromatic nitrogens is 2. The first-order chi connectivity index (χ1) is 8.74. The number of H-pyrrole nitrogens is 1. The zero-order chi connectivity index (χ0) is 12.5. The summed E-state index contributed by atoms with van der Waals surface area (Å²) < 4.78 is 0. The number of amides is 1. The number of rotatable bonds is 3. The van der Waals surface area contributed by atoms with Gasteiger partial charge in [-0.05, 0) is 25.9 Å². The number of nitrogens with two attached hydrogens (primary N) is 1. The number of carbonyl (C=O) groups is 1. The molecule has 0 aliphatic carbocycles. The maximum absolute atomic E-state index is 11.2. The molecule has 3 N–H and O–H groups in total. The van der Waals surface area contributed by atoms with Gasteiger partial charge in [-0.3, -0.25) is 9.69 Å². The van der Waals surface area contributed by atoms with E-state index in [2.05, 4.69) is 14.9 Å². The van der Waals surface area contributed by atoms with Gasteiger partial charge in [0.15, 0.2) is 0 Å². The number of piperidine rings is 1. The van der Waals surface area contributed by atoms with Crippen LogP contribution in [0.3, 0.4) is 0 Å². The monoisotopic (exact) mass is 264 g/mol. The molecule has 1 fully saturated rings. The highest BCUT2D eigenvalue weighted by atomic mass is 32.1. The molecular weight excluding hydrogens is 248 g/mol. The van der Waals surface area contributed by atoms with E-state index in [0.29, 0.717) is 4.88 Å².